The minimum Gasteiger partial charge on any atom is -0.468 e. The van der Waals surface area contributed by atoms with Crippen molar-refractivity contribution in [2.45, 2.75) is 24.8 Å². The quantitative estimate of drug-likeness (QED) is 0.649. The Hall–Kier alpha value is -3.13. The molecule has 0 radical (unpaired) electrons. The number of amides is 2. The fourth-order valence-electron chi connectivity index (χ4n) is 2.97. The average Bonchev–Trinajstić information content (AvgIpc) is 3.17. The van der Waals surface area contributed by atoms with Crippen LogP contribution < -0.4 is 10.6 Å². The lowest BCUT2D eigenvalue weighted by atomic mass is 10.2. The molecule has 1 saturated carbocycles. The van der Waals surface area contributed by atoms with E-state index < -0.39 is 0 Å². The summed E-state index contributed by atoms with van der Waals surface area (Å²) < 4.78 is 10.8. The number of benzene rings is 1. The van der Waals surface area contributed by atoms with Crippen LogP contribution in [0.5, 0.6) is 0 Å². The van der Waals surface area contributed by atoms with Crippen molar-refractivity contribution in [3.63, 3.8) is 0 Å². The number of nitrogens with zero attached hydrogens (tertiary/aromatic N) is 3. The van der Waals surface area contributed by atoms with Crippen LogP contribution in [0.15, 0.2) is 51.6 Å². The van der Waals surface area contributed by atoms with Gasteiger partial charge in [0.2, 0.25) is 0 Å². The van der Waals surface area contributed by atoms with E-state index >= 15 is 0 Å². The second-order valence-electron chi connectivity index (χ2n) is 7.14. The Kier molecular flexibility index (Phi) is 5.12. The number of rotatable bonds is 7. The van der Waals surface area contributed by atoms with Gasteiger partial charge >= 0.3 is 6.03 Å². The predicted molar refractivity (Wildman–Crippen MR) is 104 cm³/mol. The third kappa shape index (κ3) is 4.23. The molecule has 8 heteroatoms. The summed E-state index contributed by atoms with van der Waals surface area (Å²) in [5.41, 5.74) is 1.43. The topological polar surface area (TPSA) is 96.4 Å². The molecule has 2 N–H and O–H groups in total. The van der Waals surface area contributed by atoms with Crippen molar-refractivity contribution in [1.82, 2.24) is 20.4 Å². The average molecular weight is 381 g/mol. The van der Waals surface area contributed by atoms with Crippen LogP contribution in [0.3, 0.4) is 0 Å². The number of furan rings is 1. The number of likely N-dealkylation sites (N-methyl/N-ethyl adjacent to an activating group) is 1. The van der Waals surface area contributed by atoms with E-state index in [-0.39, 0.29) is 12.1 Å². The minimum absolute atomic E-state index is 0.0497. The van der Waals surface area contributed by atoms with Gasteiger partial charge in [-0.25, -0.2) is 4.79 Å². The highest BCUT2D eigenvalue weighted by atomic mass is 16.5. The summed E-state index contributed by atoms with van der Waals surface area (Å²) in [6.07, 6.45) is 3.86. The van der Waals surface area contributed by atoms with Crippen LogP contribution in [0.25, 0.3) is 11.5 Å². The van der Waals surface area contributed by atoms with Gasteiger partial charge in [-0.1, -0.05) is 11.2 Å². The first-order chi connectivity index (χ1) is 13.6. The van der Waals surface area contributed by atoms with E-state index in [0.717, 1.165) is 30.0 Å². The summed E-state index contributed by atoms with van der Waals surface area (Å²) >= 11 is 0. The van der Waals surface area contributed by atoms with E-state index in [0.29, 0.717) is 24.0 Å². The second kappa shape index (κ2) is 7.85. The molecule has 1 fully saturated rings. The molecule has 146 valence electrons. The van der Waals surface area contributed by atoms with E-state index in [1.165, 1.54) is 0 Å². The van der Waals surface area contributed by atoms with Gasteiger partial charge in [-0.05, 0) is 57.3 Å². The third-order valence-corrected chi connectivity index (χ3v) is 4.70. The minimum atomic E-state index is -0.292. The number of carbonyl (C=O) groups is 1. The molecule has 2 amide bonds. The van der Waals surface area contributed by atoms with E-state index in [2.05, 4.69) is 20.8 Å². The number of urea groups is 1. The van der Waals surface area contributed by atoms with Gasteiger partial charge in [0.25, 0.3) is 5.89 Å². The maximum atomic E-state index is 12.3. The third-order valence-electron chi connectivity index (χ3n) is 4.70. The maximum Gasteiger partial charge on any atom is 0.319 e. The molecule has 0 bridgehead atoms. The Balaban J connectivity index is 1.37. The smallest absolute Gasteiger partial charge is 0.319 e. The highest BCUT2D eigenvalue weighted by Crippen LogP contribution is 2.39. The van der Waals surface area contributed by atoms with Crippen LogP contribution >= 0.6 is 0 Å². The van der Waals surface area contributed by atoms with Gasteiger partial charge in [0, 0.05) is 23.7 Å². The summed E-state index contributed by atoms with van der Waals surface area (Å²) in [6.45, 7) is 0.417. The standard InChI is InChI=1S/C20H23N5O3/c1-25(2)16(17-7-4-10-27-17)12-21-20(26)22-15-6-3-5-14(11-15)19-23-18(24-28-19)13-8-9-13/h3-7,10-11,13,16H,8-9,12H2,1-2H3,(H2,21,22,26). The number of anilines is 1. The van der Waals surface area contributed by atoms with E-state index in [1.54, 1.807) is 6.26 Å². The highest BCUT2D eigenvalue weighted by Gasteiger charge is 2.29. The van der Waals surface area contributed by atoms with Crippen molar-refractivity contribution >= 4 is 11.7 Å². The van der Waals surface area contributed by atoms with Crippen molar-refractivity contribution in [2.24, 2.45) is 0 Å². The van der Waals surface area contributed by atoms with Crippen molar-refractivity contribution in [3.8, 4) is 11.5 Å². The zero-order valence-corrected chi connectivity index (χ0v) is 15.9. The summed E-state index contributed by atoms with van der Waals surface area (Å²) in [7, 11) is 3.88. The molecule has 8 nitrogen and oxygen atoms in total. The molecule has 0 aliphatic heterocycles. The number of nitrogens with one attached hydrogen (secondary N) is 2. The van der Waals surface area contributed by atoms with Crippen LogP contribution in [0.1, 0.15) is 36.4 Å². The molecule has 1 aliphatic carbocycles. The van der Waals surface area contributed by atoms with Gasteiger partial charge in [-0.15, -0.1) is 0 Å². The Bertz CT molecular complexity index is 931. The lowest BCUT2D eigenvalue weighted by Gasteiger charge is -2.22. The molecule has 0 spiro atoms. The predicted octanol–water partition coefficient (Wildman–Crippen LogP) is 3.63. The van der Waals surface area contributed by atoms with Crippen LogP contribution in [0.4, 0.5) is 10.5 Å². The van der Waals surface area contributed by atoms with Gasteiger partial charge < -0.3 is 19.6 Å². The van der Waals surface area contributed by atoms with E-state index in [4.69, 9.17) is 8.94 Å². The van der Waals surface area contributed by atoms with Crippen LogP contribution in [-0.2, 0) is 0 Å². The van der Waals surface area contributed by atoms with Gasteiger partial charge in [0.05, 0.1) is 12.3 Å². The van der Waals surface area contributed by atoms with Gasteiger partial charge in [0.15, 0.2) is 5.82 Å². The fraction of sp³-hybridized carbons (Fsp3) is 0.350. The Morgan fingerprint density at radius 2 is 2.14 bits per heavy atom. The van der Waals surface area contributed by atoms with Gasteiger partial charge in [-0.3, -0.25) is 4.90 Å². The molecule has 1 atom stereocenters. The molecule has 0 saturated heterocycles. The largest absolute Gasteiger partial charge is 0.468 e. The molecule has 28 heavy (non-hydrogen) atoms. The SMILES string of the molecule is CN(C)C(CNC(=O)Nc1cccc(-c2nc(C3CC3)no2)c1)c1ccco1. The molecule has 2 aromatic heterocycles. The lowest BCUT2D eigenvalue weighted by Crippen LogP contribution is -2.36. The summed E-state index contributed by atoms with van der Waals surface area (Å²) in [5.74, 6) is 2.47. The molecule has 1 aromatic carbocycles. The first kappa shape index (κ1) is 18.2. The Morgan fingerprint density at radius 1 is 1.29 bits per heavy atom. The summed E-state index contributed by atoms with van der Waals surface area (Å²) in [5, 5.41) is 9.76. The second-order valence-corrected chi connectivity index (χ2v) is 7.14. The lowest BCUT2D eigenvalue weighted by molar-refractivity contribution is 0.233. The molecular formula is C20H23N5O3. The number of aromatic nitrogens is 2. The summed E-state index contributed by atoms with van der Waals surface area (Å²) in [4.78, 5) is 18.8. The number of hydrogen-bond acceptors (Lipinski definition) is 6. The van der Waals surface area contributed by atoms with Crippen molar-refractivity contribution in [3.05, 3.63) is 54.2 Å². The molecule has 1 unspecified atom stereocenters. The first-order valence-electron chi connectivity index (χ1n) is 9.29. The zero-order chi connectivity index (χ0) is 19.5. The Morgan fingerprint density at radius 3 is 2.86 bits per heavy atom. The first-order valence-corrected chi connectivity index (χ1v) is 9.29. The van der Waals surface area contributed by atoms with Crippen molar-refractivity contribution in [2.75, 3.05) is 26.0 Å². The molecule has 3 aromatic rings. The van der Waals surface area contributed by atoms with E-state index in [9.17, 15) is 4.79 Å². The van der Waals surface area contributed by atoms with Crippen LogP contribution in [0.2, 0.25) is 0 Å². The number of hydrogen-bond donors (Lipinski definition) is 2. The monoisotopic (exact) mass is 381 g/mol. The van der Waals surface area contributed by atoms with Gasteiger partial charge in [0.1, 0.15) is 5.76 Å². The number of carbonyl (C=O) groups excluding carboxylic acids is 1. The molecule has 1 aliphatic rings. The van der Waals surface area contributed by atoms with Crippen molar-refractivity contribution < 1.29 is 13.7 Å². The molecular weight excluding hydrogens is 358 g/mol. The fourth-order valence-corrected chi connectivity index (χ4v) is 2.97. The van der Waals surface area contributed by atoms with Gasteiger partial charge in [-0.2, -0.15) is 4.98 Å². The maximum absolute atomic E-state index is 12.3. The zero-order valence-electron chi connectivity index (χ0n) is 15.9. The summed E-state index contributed by atoms with van der Waals surface area (Å²) in [6, 6.07) is 10.8. The van der Waals surface area contributed by atoms with Crippen LogP contribution in [-0.4, -0.2) is 41.7 Å². The normalized spacial score (nSPS) is 14.8. The highest BCUT2D eigenvalue weighted by molar-refractivity contribution is 5.89. The molecule has 2 heterocycles. The Labute approximate surface area is 162 Å². The molecule has 4 rings (SSSR count). The van der Waals surface area contributed by atoms with Crippen molar-refractivity contribution in [1.29, 1.82) is 0 Å². The van der Waals surface area contributed by atoms with Crippen LogP contribution in [0, 0.1) is 0 Å². The van der Waals surface area contributed by atoms with E-state index in [1.807, 2.05) is 55.4 Å².